The van der Waals surface area contributed by atoms with Crippen LogP contribution in [0.1, 0.15) is 29.6 Å². The zero-order chi connectivity index (χ0) is 14.5. The van der Waals surface area contributed by atoms with Gasteiger partial charge in [0.25, 0.3) is 0 Å². The van der Waals surface area contributed by atoms with Crippen LogP contribution in [0.25, 0.3) is 0 Å². The zero-order valence-corrected chi connectivity index (χ0v) is 11.0. The minimum atomic E-state index is -1.10. The van der Waals surface area contributed by atoms with Crippen LogP contribution in [0.4, 0.5) is 10.5 Å². The minimum absolute atomic E-state index is 0.0140. The number of urea groups is 1. The lowest BCUT2D eigenvalue weighted by molar-refractivity contribution is 0.0696. The average Bonchev–Trinajstić information content (AvgIpc) is 2.47. The van der Waals surface area contributed by atoms with Gasteiger partial charge in [0.2, 0.25) is 0 Å². The summed E-state index contributed by atoms with van der Waals surface area (Å²) in [5, 5.41) is 20.8. The average molecular weight is 279 g/mol. The second kappa shape index (κ2) is 6.33. The van der Waals surface area contributed by atoms with E-state index in [2.05, 4.69) is 10.3 Å². The van der Waals surface area contributed by atoms with Gasteiger partial charge < -0.3 is 20.4 Å². The molecule has 20 heavy (non-hydrogen) atoms. The van der Waals surface area contributed by atoms with Crippen LogP contribution in [0.2, 0.25) is 0 Å². The third kappa shape index (κ3) is 3.24. The molecule has 0 aliphatic carbocycles. The first-order valence-electron chi connectivity index (χ1n) is 6.48. The number of carbonyl (C=O) groups is 2. The molecule has 0 spiro atoms. The van der Waals surface area contributed by atoms with E-state index in [-0.39, 0.29) is 24.2 Å². The third-order valence-corrected chi connectivity index (χ3v) is 3.34. The van der Waals surface area contributed by atoms with Crippen LogP contribution < -0.4 is 5.32 Å². The Balaban J connectivity index is 2.06. The summed E-state index contributed by atoms with van der Waals surface area (Å²) in [5.74, 6) is -1.10. The maximum Gasteiger partial charge on any atom is 0.337 e. The number of rotatable bonds is 3. The molecule has 1 aliphatic heterocycles. The Labute approximate surface area is 116 Å². The lowest BCUT2D eigenvalue weighted by atomic mass is 10.0. The van der Waals surface area contributed by atoms with Crippen molar-refractivity contribution >= 4 is 17.7 Å². The van der Waals surface area contributed by atoms with Gasteiger partial charge in [-0.25, -0.2) is 9.59 Å². The summed E-state index contributed by atoms with van der Waals surface area (Å²) < 4.78 is 0. The third-order valence-electron chi connectivity index (χ3n) is 3.34. The molecule has 1 saturated heterocycles. The van der Waals surface area contributed by atoms with Gasteiger partial charge >= 0.3 is 12.0 Å². The van der Waals surface area contributed by atoms with Gasteiger partial charge in [-0.05, 0) is 25.3 Å². The fourth-order valence-corrected chi connectivity index (χ4v) is 2.28. The first kappa shape index (κ1) is 14.3. The molecule has 1 aromatic rings. The Morgan fingerprint density at radius 2 is 2.20 bits per heavy atom. The molecule has 2 amide bonds. The molecule has 0 aromatic carbocycles. The molecule has 0 saturated carbocycles. The van der Waals surface area contributed by atoms with Crippen molar-refractivity contribution in [2.75, 3.05) is 18.5 Å². The monoisotopic (exact) mass is 279 g/mol. The molecule has 7 heteroatoms. The number of carboxylic acid groups (broad SMARTS) is 1. The Hall–Kier alpha value is -2.15. The highest BCUT2D eigenvalue weighted by atomic mass is 16.4. The van der Waals surface area contributed by atoms with Gasteiger partial charge in [0.1, 0.15) is 0 Å². The molecule has 2 heterocycles. The van der Waals surface area contributed by atoms with E-state index in [0.29, 0.717) is 12.2 Å². The summed E-state index contributed by atoms with van der Waals surface area (Å²) >= 11 is 0. The van der Waals surface area contributed by atoms with Crippen molar-refractivity contribution in [3.05, 3.63) is 24.0 Å². The van der Waals surface area contributed by atoms with Crippen LogP contribution in [-0.2, 0) is 0 Å². The number of aromatic nitrogens is 1. The van der Waals surface area contributed by atoms with E-state index in [1.807, 2.05) is 0 Å². The fraction of sp³-hybridized carbons (Fsp3) is 0.462. The van der Waals surface area contributed by atoms with Crippen molar-refractivity contribution in [2.24, 2.45) is 0 Å². The summed E-state index contributed by atoms with van der Waals surface area (Å²) in [5.41, 5.74) is 0.345. The van der Waals surface area contributed by atoms with Crippen molar-refractivity contribution in [2.45, 2.75) is 25.3 Å². The number of likely N-dealkylation sites (tertiary alicyclic amines) is 1. The SMILES string of the molecule is O=C(O)c1cncc(NC(=O)N2CCCCC2CO)c1. The molecule has 1 unspecified atom stereocenters. The van der Waals surface area contributed by atoms with Gasteiger partial charge in [-0.15, -0.1) is 0 Å². The molecule has 1 aromatic heterocycles. The first-order chi connectivity index (χ1) is 9.61. The number of carboxylic acids is 1. The zero-order valence-electron chi connectivity index (χ0n) is 11.0. The molecule has 1 fully saturated rings. The molecule has 0 radical (unpaired) electrons. The molecular formula is C13H17N3O4. The number of anilines is 1. The van der Waals surface area contributed by atoms with Gasteiger partial charge in [0.15, 0.2) is 0 Å². The van der Waals surface area contributed by atoms with Crippen LogP contribution >= 0.6 is 0 Å². The van der Waals surface area contributed by atoms with E-state index in [9.17, 15) is 14.7 Å². The van der Waals surface area contributed by atoms with Crippen LogP contribution in [0.3, 0.4) is 0 Å². The van der Waals surface area contributed by atoms with Crippen LogP contribution in [0.5, 0.6) is 0 Å². The molecule has 1 atom stereocenters. The van der Waals surface area contributed by atoms with Crippen molar-refractivity contribution < 1.29 is 19.8 Å². The van der Waals surface area contributed by atoms with Gasteiger partial charge in [-0.1, -0.05) is 0 Å². The van der Waals surface area contributed by atoms with E-state index in [4.69, 9.17) is 5.11 Å². The predicted octanol–water partition coefficient (Wildman–Crippen LogP) is 1.16. The van der Waals surface area contributed by atoms with Crippen LogP contribution in [0.15, 0.2) is 18.5 Å². The molecule has 108 valence electrons. The Bertz CT molecular complexity index is 506. The van der Waals surface area contributed by atoms with Crippen molar-refractivity contribution in [1.29, 1.82) is 0 Å². The number of nitrogens with one attached hydrogen (secondary N) is 1. The van der Waals surface area contributed by atoms with Crippen molar-refractivity contribution in [1.82, 2.24) is 9.88 Å². The molecule has 2 rings (SSSR count). The van der Waals surface area contributed by atoms with E-state index in [0.717, 1.165) is 19.3 Å². The highest BCUT2D eigenvalue weighted by Crippen LogP contribution is 2.18. The van der Waals surface area contributed by atoms with Gasteiger partial charge in [0.05, 0.1) is 30.1 Å². The lowest BCUT2D eigenvalue weighted by Crippen LogP contribution is -2.47. The number of aromatic carboxylic acids is 1. The number of aliphatic hydroxyl groups excluding tert-OH is 1. The number of pyridine rings is 1. The first-order valence-corrected chi connectivity index (χ1v) is 6.48. The maximum atomic E-state index is 12.1. The topological polar surface area (TPSA) is 103 Å². The highest BCUT2D eigenvalue weighted by molar-refractivity contribution is 5.92. The maximum absolute atomic E-state index is 12.1. The van der Waals surface area contributed by atoms with Crippen molar-refractivity contribution in [3.8, 4) is 0 Å². The fourth-order valence-electron chi connectivity index (χ4n) is 2.28. The second-order valence-electron chi connectivity index (χ2n) is 4.72. The van der Waals surface area contributed by atoms with Gasteiger partial charge in [0, 0.05) is 12.7 Å². The Morgan fingerprint density at radius 1 is 1.40 bits per heavy atom. The van der Waals surface area contributed by atoms with Gasteiger partial charge in [-0.2, -0.15) is 0 Å². The van der Waals surface area contributed by atoms with E-state index in [1.54, 1.807) is 4.90 Å². The van der Waals surface area contributed by atoms with Crippen LogP contribution in [0, 0.1) is 0 Å². The van der Waals surface area contributed by atoms with Gasteiger partial charge in [-0.3, -0.25) is 4.98 Å². The molecule has 7 nitrogen and oxygen atoms in total. The molecule has 3 N–H and O–H groups in total. The number of hydrogen-bond acceptors (Lipinski definition) is 4. The molecule has 0 bridgehead atoms. The standard InChI is InChI=1S/C13H17N3O4/c17-8-11-3-1-2-4-16(11)13(20)15-10-5-9(12(18)19)6-14-7-10/h5-7,11,17H,1-4,8H2,(H,15,20)(H,18,19). The van der Waals surface area contributed by atoms with E-state index in [1.165, 1.54) is 18.5 Å². The normalized spacial score (nSPS) is 18.6. The number of carbonyl (C=O) groups excluding carboxylic acids is 1. The van der Waals surface area contributed by atoms with Crippen molar-refractivity contribution in [3.63, 3.8) is 0 Å². The van der Waals surface area contributed by atoms with Crippen LogP contribution in [-0.4, -0.2) is 51.3 Å². The number of aliphatic hydroxyl groups is 1. The quantitative estimate of drug-likeness (QED) is 0.770. The number of nitrogens with zero attached hydrogens (tertiary/aromatic N) is 2. The number of amides is 2. The summed E-state index contributed by atoms with van der Waals surface area (Å²) in [6.07, 6.45) is 5.28. The largest absolute Gasteiger partial charge is 0.478 e. The Kier molecular flexibility index (Phi) is 4.52. The predicted molar refractivity (Wildman–Crippen MR) is 71.6 cm³/mol. The molecular weight excluding hydrogens is 262 g/mol. The Morgan fingerprint density at radius 3 is 2.90 bits per heavy atom. The minimum Gasteiger partial charge on any atom is -0.478 e. The smallest absolute Gasteiger partial charge is 0.337 e. The lowest BCUT2D eigenvalue weighted by Gasteiger charge is -2.34. The summed E-state index contributed by atoms with van der Waals surface area (Å²) in [6.45, 7) is 0.518. The summed E-state index contributed by atoms with van der Waals surface area (Å²) in [7, 11) is 0. The number of piperidine rings is 1. The number of hydrogen-bond donors (Lipinski definition) is 3. The van der Waals surface area contributed by atoms with E-state index < -0.39 is 5.97 Å². The second-order valence-corrected chi connectivity index (χ2v) is 4.72. The molecule has 1 aliphatic rings. The summed E-state index contributed by atoms with van der Waals surface area (Å²) in [4.78, 5) is 28.3. The van der Waals surface area contributed by atoms with E-state index >= 15 is 0 Å². The highest BCUT2D eigenvalue weighted by Gasteiger charge is 2.26. The summed E-state index contributed by atoms with van der Waals surface area (Å²) in [6, 6.07) is 0.831.